The van der Waals surface area contributed by atoms with Gasteiger partial charge in [0.1, 0.15) is 29.9 Å². The van der Waals surface area contributed by atoms with Crippen molar-refractivity contribution in [2.75, 3.05) is 6.61 Å². The van der Waals surface area contributed by atoms with Crippen molar-refractivity contribution in [3.63, 3.8) is 0 Å². The van der Waals surface area contributed by atoms with Crippen LogP contribution in [0.2, 0.25) is 0 Å². The van der Waals surface area contributed by atoms with E-state index in [9.17, 15) is 29.4 Å². The topological polar surface area (TPSA) is 191 Å². The van der Waals surface area contributed by atoms with Gasteiger partial charge in [-0.3, -0.25) is 14.4 Å². The van der Waals surface area contributed by atoms with Crippen LogP contribution in [0, 0.1) is 11.8 Å². The van der Waals surface area contributed by atoms with Crippen molar-refractivity contribution in [2.24, 2.45) is 17.6 Å². The average molecular weight is 481 g/mol. The molecule has 5 unspecified atom stereocenters. The number of aromatic hydroxyl groups is 1. The quantitative estimate of drug-likeness (QED) is 0.196. The molecule has 0 aliphatic rings. The number of hydrogen-bond donors (Lipinski definition) is 7. The molecule has 1 rings (SSSR count). The Hall–Kier alpha value is -3.18. The predicted molar refractivity (Wildman–Crippen MR) is 125 cm³/mol. The standard InChI is InChI=1S/C23H36N4O7/c1-5-13(4)19(27-20(30)16(24)11-28)22(32)26-18(12(2)3)21(31)25-17(23(33)34)10-14-6-8-15(29)9-7-14/h6-9,12-13,16-19,28-29H,5,10-11,24H2,1-4H3,(H,25,31)(H,26,32)(H,27,30)(H,33,34). The van der Waals surface area contributed by atoms with Crippen LogP contribution in [-0.4, -0.2) is 69.8 Å². The minimum atomic E-state index is -1.26. The third kappa shape index (κ3) is 8.64. The first-order chi connectivity index (χ1) is 15.9. The van der Waals surface area contributed by atoms with Crippen molar-refractivity contribution in [3.05, 3.63) is 29.8 Å². The van der Waals surface area contributed by atoms with E-state index in [4.69, 9.17) is 10.8 Å². The maximum absolute atomic E-state index is 13.0. The summed E-state index contributed by atoms with van der Waals surface area (Å²) in [6.45, 7) is 6.38. The SMILES string of the molecule is CCC(C)C(NC(=O)C(N)CO)C(=O)NC(C(=O)NC(Cc1ccc(O)cc1)C(=O)O)C(C)C. The predicted octanol–water partition coefficient (Wildman–Crippen LogP) is -0.505. The number of carbonyl (C=O) groups excluding carboxylic acids is 3. The highest BCUT2D eigenvalue weighted by atomic mass is 16.4. The number of aliphatic hydroxyl groups is 1. The number of nitrogens with two attached hydrogens (primary N) is 1. The Bertz CT molecular complexity index is 844. The van der Waals surface area contributed by atoms with Crippen LogP contribution in [0.25, 0.3) is 0 Å². The van der Waals surface area contributed by atoms with Gasteiger partial charge in [-0.25, -0.2) is 4.79 Å². The molecule has 0 bridgehead atoms. The number of phenols is 1. The monoisotopic (exact) mass is 480 g/mol. The van der Waals surface area contributed by atoms with Crippen LogP contribution in [0.1, 0.15) is 39.7 Å². The second-order valence-electron chi connectivity index (χ2n) is 8.66. The zero-order valence-electron chi connectivity index (χ0n) is 19.9. The van der Waals surface area contributed by atoms with Crippen LogP contribution < -0.4 is 21.7 Å². The Labute approximate surface area is 199 Å². The molecule has 0 aliphatic carbocycles. The number of hydrogen-bond acceptors (Lipinski definition) is 7. The maximum atomic E-state index is 13.0. The number of carboxylic acid groups (broad SMARTS) is 1. The molecule has 0 spiro atoms. The van der Waals surface area contributed by atoms with Crippen molar-refractivity contribution in [3.8, 4) is 5.75 Å². The molecule has 0 aliphatic heterocycles. The number of amides is 3. The van der Waals surface area contributed by atoms with E-state index in [1.807, 2.05) is 6.92 Å². The van der Waals surface area contributed by atoms with Gasteiger partial charge < -0.3 is 37.0 Å². The highest BCUT2D eigenvalue weighted by molar-refractivity contribution is 5.94. The van der Waals surface area contributed by atoms with Crippen molar-refractivity contribution < 1.29 is 34.5 Å². The third-order valence-corrected chi connectivity index (χ3v) is 5.56. The van der Waals surface area contributed by atoms with E-state index < -0.39 is 54.5 Å². The van der Waals surface area contributed by atoms with Crippen LogP contribution >= 0.6 is 0 Å². The second kappa shape index (κ2) is 13.5. The highest BCUT2D eigenvalue weighted by Gasteiger charge is 2.33. The second-order valence-corrected chi connectivity index (χ2v) is 8.66. The van der Waals surface area contributed by atoms with Crippen LogP contribution in [0.3, 0.4) is 0 Å². The van der Waals surface area contributed by atoms with E-state index in [1.165, 1.54) is 12.1 Å². The minimum absolute atomic E-state index is 0.0231. The van der Waals surface area contributed by atoms with Crippen LogP contribution in [-0.2, 0) is 25.6 Å². The molecule has 0 heterocycles. The van der Waals surface area contributed by atoms with Gasteiger partial charge in [0.2, 0.25) is 17.7 Å². The number of rotatable bonds is 13. The zero-order chi connectivity index (χ0) is 26.0. The Morgan fingerprint density at radius 3 is 1.91 bits per heavy atom. The molecule has 1 aromatic carbocycles. The number of aliphatic hydroxyl groups excluding tert-OH is 1. The lowest BCUT2D eigenvalue weighted by Gasteiger charge is -2.29. The Balaban J connectivity index is 2.99. The molecule has 11 nitrogen and oxygen atoms in total. The molecule has 0 saturated carbocycles. The summed E-state index contributed by atoms with van der Waals surface area (Å²) in [5, 5.41) is 35.7. The smallest absolute Gasteiger partial charge is 0.326 e. The molecular formula is C23H36N4O7. The molecule has 0 radical (unpaired) electrons. The van der Waals surface area contributed by atoms with Gasteiger partial charge in [0.15, 0.2) is 0 Å². The summed E-state index contributed by atoms with van der Waals surface area (Å²) in [6.07, 6.45) is 0.518. The van der Waals surface area contributed by atoms with Crippen LogP contribution in [0.5, 0.6) is 5.75 Å². The van der Waals surface area contributed by atoms with Crippen molar-refractivity contribution in [1.29, 1.82) is 0 Å². The summed E-state index contributed by atoms with van der Waals surface area (Å²) in [7, 11) is 0. The Kier molecular flexibility index (Phi) is 11.5. The molecule has 1 aromatic rings. The van der Waals surface area contributed by atoms with E-state index in [1.54, 1.807) is 32.9 Å². The number of phenolic OH excluding ortho intramolecular Hbond substituents is 1. The van der Waals surface area contributed by atoms with Gasteiger partial charge in [-0.05, 0) is 29.5 Å². The van der Waals surface area contributed by atoms with Crippen LogP contribution in [0.15, 0.2) is 24.3 Å². The summed E-state index contributed by atoms with van der Waals surface area (Å²) in [6, 6.07) is 1.41. The molecule has 5 atom stereocenters. The number of aliphatic carboxylic acids is 1. The van der Waals surface area contributed by atoms with Gasteiger partial charge >= 0.3 is 5.97 Å². The first-order valence-electron chi connectivity index (χ1n) is 11.2. The number of benzene rings is 1. The van der Waals surface area contributed by atoms with Gasteiger partial charge in [0.25, 0.3) is 0 Å². The zero-order valence-corrected chi connectivity index (χ0v) is 19.9. The average Bonchev–Trinajstić information content (AvgIpc) is 2.79. The van der Waals surface area contributed by atoms with Crippen LogP contribution in [0.4, 0.5) is 0 Å². The molecule has 0 aromatic heterocycles. The van der Waals surface area contributed by atoms with E-state index in [-0.39, 0.29) is 24.0 Å². The summed E-state index contributed by atoms with van der Waals surface area (Å²) in [5.74, 6) is -3.91. The van der Waals surface area contributed by atoms with Gasteiger partial charge in [-0.2, -0.15) is 0 Å². The molecule has 3 amide bonds. The number of carboxylic acids is 1. The summed E-state index contributed by atoms with van der Waals surface area (Å²) in [5.41, 5.74) is 6.12. The van der Waals surface area contributed by atoms with Gasteiger partial charge in [-0.15, -0.1) is 0 Å². The lowest BCUT2D eigenvalue weighted by molar-refractivity contribution is -0.142. The molecule has 0 saturated heterocycles. The molecule has 8 N–H and O–H groups in total. The summed E-state index contributed by atoms with van der Waals surface area (Å²) in [4.78, 5) is 49.8. The normalized spacial score (nSPS) is 15.5. The Morgan fingerprint density at radius 2 is 1.44 bits per heavy atom. The lowest BCUT2D eigenvalue weighted by Crippen LogP contribution is -2.60. The molecular weight excluding hydrogens is 444 g/mol. The van der Waals surface area contributed by atoms with E-state index in [2.05, 4.69) is 16.0 Å². The van der Waals surface area contributed by atoms with Crippen molar-refractivity contribution in [2.45, 2.75) is 64.7 Å². The van der Waals surface area contributed by atoms with Crippen molar-refractivity contribution >= 4 is 23.7 Å². The largest absolute Gasteiger partial charge is 0.508 e. The van der Waals surface area contributed by atoms with E-state index >= 15 is 0 Å². The fraction of sp³-hybridized carbons (Fsp3) is 0.565. The molecule has 11 heteroatoms. The fourth-order valence-corrected chi connectivity index (χ4v) is 3.15. The summed E-state index contributed by atoms with van der Waals surface area (Å²) < 4.78 is 0. The van der Waals surface area contributed by atoms with Gasteiger partial charge in [0, 0.05) is 6.42 Å². The van der Waals surface area contributed by atoms with E-state index in [0.29, 0.717) is 12.0 Å². The molecule has 190 valence electrons. The maximum Gasteiger partial charge on any atom is 0.326 e. The van der Waals surface area contributed by atoms with Gasteiger partial charge in [0.05, 0.1) is 6.61 Å². The highest BCUT2D eigenvalue weighted by Crippen LogP contribution is 2.13. The third-order valence-electron chi connectivity index (χ3n) is 5.56. The minimum Gasteiger partial charge on any atom is -0.508 e. The van der Waals surface area contributed by atoms with Gasteiger partial charge in [-0.1, -0.05) is 46.2 Å². The van der Waals surface area contributed by atoms with E-state index in [0.717, 1.165) is 0 Å². The molecule has 34 heavy (non-hydrogen) atoms. The Morgan fingerprint density at radius 1 is 0.912 bits per heavy atom. The van der Waals surface area contributed by atoms with Crippen molar-refractivity contribution in [1.82, 2.24) is 16.0 Å². The molecule has 0 fully saturated rings. The summed E-state index contributed by atoms with van der Waals surface area (Å²) >= 11 is 0. The number of carbonyl (C=O) groups is 4. The fourth-order valence-electron chi connectivity index (χ4n) is 3.15. The number of nitrogens with one attached hydrogen (secondary N) is 3. The lowest BCUT2D eigenvalue weighted by atomic mass is 9.96. The first-order valence-corrected chi connectivity index (χ1v) is 11.2. The first kappa shape index (κ1) is 28.9.